The van der Waals surface area contributed by atoms with Crippen LogP contribution in [0.2, 0.25) is 0 Å². The Morgan fingerprint density at radius 3 is 0.908 bits per heavy atom. The number of hydrogen-bond acceptors (Lipinski definition) is 8. The minimum atomic E-state index is -0.394. The molecule has 0 unspecified atom stereocenters. The average Bonchev–Trinajstić information content (AvgIpc) is 3.60. The third-order valence-electron chi connectivity index (χ3n) is 12.0. The standard InChI is InChI=1S/C57H42N8/c1-57(2)49-37-45(64(43-29-17-7-18-30-43)44-31-19-8-20-32-44)33-35-47(49)48-36-34-46(38-50(48)57)65(55-60-51(39-21-9-3-10-22-39)58-52(61-55)40-23-11-4-12-24-40)56-62-53(41-25-13-5-14-26-41)59-54(63-56)42-27-15-6-16-28-42/h3-38H,1-2H3. The molecular weight excluding hydrogens is 797 g/mol. The van der Waals surface area contributed by atoms with Crippen molar-refractivity contribution >= 4 is 34.6 Å². The van der Waals surface area contributed by atoms with Gasteiger partial charge in [0.25, 0.3) is 0 Å². The summed E-state index contributed by atoms with van der Waals surface area (Å²) in [4.78, 5) is 35.3. The Kier molecular flexibility index (Phi) is 10.0. The van der Waals surface area contributed by atoms with Gasteiger partial charge in [-0.2, -0.15) is 19.9 Å². The number of nitrogens with zero attached hydrogens (tertiary/aromatic N) is 8. The molecule has 8 aromatic carbocycles. The quantitative estimate of drug-likeness (QED) is 0.135. The summed E-state index contributed by atoms with van der Waals surface area (Å²) in [5.74, 6) is 2.87. The number of benzene rings is 8. The van der Waals surface area contributed by atoms with Crippen molar-refractivity contribution in [3.63, 3.8) is 0 Å². The van der Waals surface area contributed by atoms with Crippen LogP contribution in [0, 0.1) is 0 Å². The predicted molar refractivity (Wildman–Crippen MR) is 262 cm³/mol. The van der Waals surface area contributed by atoms with Crippen LogP contribution >= 0.6 is 0 Å². The van der Waals surface area contributed by atoms with E-state index in [0.717, 1.165) is 45.0 Å². The summed E-state index contributed by atoms with van der Waals surface area (Å²) in [6.07, 6.45) is 0. The van der Waals surface area contributed by atoms with Gasteiger partial charge >= 0.3 is 0 Å². The topological polar surface area (TPSA) is 83.8 Å². The molecule has 65 heavy (non-hydrogen) atoms. The smallest absolute Gasteiger partial charge is 0.241 e. The van der Waals surface area contributed by atoms with E-state index in [1.165, 1.54) is 22.3 Å². The normalized spacial score (nSPS) is 12.3. The van der Waals surface area contributed by atoms with E-state index in [4.69, 9.17) is 29.9 Å². The van der Waals surface area contributed by atoms with Crippen molar-refractivity contribution in [2.24, 2.45) is 0 Å². The number of hydrogen-bond donors (Lipinski definition) is 0. The van der Waals surface area contributed by atoms with Gasteiger partial charge in [0.1, 0.15) is 0 Å². The van der Waals surface area contributed by atoms with E-state index in [2.05, 4.69) is 116 Å². The van der Waals surface area contributed by atoms with E-state index < -0.39 is 5.41 Å². The van der Waals surface area contributed by atoms with Crippen molar-refractivity contribution < 1.29 is 0 Å². The van der Waals surface area contributed by atoms with Gasteiger partial charge in [-0.3, -0.25) is 0 Å². The second kappa shape index (κ2) is 16.6. The maximum atomic E-state index is 5.24. The molecule has 0 amide bonds. The van der Waals surface area contributed by atoms with E-state index >= 15 is 0 Å². The van der Waals surface area contributed by atoms with Crippen molar-refractivity contribution in [1.29, 1.82) is 0 Å². The lowest BCUT2D eigenvalue weighted by atomic mass is 9.82. The molecule has 1 aliphatic rings. The fraction of sp³-hybridized carbons (Fsp3) is 0.0526. The maximum Gasteiger partial charge on any atom is 0.241 e. The third-order valence-corrected chi connectivity index (χ3v) is 12.0. The Morgan fingerprint density at radius 1 is 0.292 bits per heavy atom. The van der Waals surface area contributed by atoms with Crippen molar-refractivity contribution in [1.82, 2.24) is 29.9 Å². The van der Waals surface area contributed by atoms with Gasteiger partial charge in [0.05, 0.1) is 5.69 Å². The van der Waals surface area contributed by atoms with Crippen LogP contribution in [0.3, 0.4) is 0 Å². The molecule has 0 aliphatic heterocycles. The van der Waals surface area contributed by atoms with Crippen LogP contribution < -0.4 is 9.80 Å². The van der Waals surface area contributed by atoms with E-state index in [1.807, 2.05) is 126 Å². The van der Waals surface area contributed by atoms with Crippen molar-refractivity contribution in [3.8, 4) is 56.7 Å². The lowest BCUT2D eigenvalue weighted by Gasteiger charge is -2.28. The highest BCUT2D eigenvalue weighted by molar-refractivity contribution is 5.88. The van der Waals surface area contributed by atoms with Gasteiger partial charge in [-0.1, -0.05) is 184 Å². The van der Waals surface area contributed by atoms with Crippen LogP contribution in [-0.2, 0) is 5.41 Å². The lowest BCUT2D eigenvalue weighted by molar-refractivity contribution is 0.660. The van der Waals surface area contributed by atoms with Crippen molar-refractivity contribution in [2.75, 3.05) is 9.80 Å². The van der Waals surface area contributed by atoms with Gasteiger partial charge in [-0.05, 0) is 70.8 Å². The van der Waals surface area contributed by atoms with Crippen LogP contribution in [-0.4, -0.2) is 29.9 Å². The molecule has 0 bridgehead atoms. The zero-order chi connectivity index (χ0) is 43.7. The molecule has 0 saturated heterocycles. The van der Waals surface area contributed by atoms with Gasteiger partial charge in [0.15, 0.2) is 23.3 Å². The van der Waals surface area contributed by atoms with Crippen molar-refractivity contribution in [2.45, 2.75) is 19.3 Å². The predicted octanol–water partition coefficient (Wildman–Crippen LogP) is 14.0. The molecule has 1 aliphatic carbocycles. The number of rotatable bonds is 10. The van der Waals surface area contributed by atoms with Gasteiger partial charge in [-0.25, -0.2) is 14.9 Å². The maximum absolute atomic E-state index is 5.24. The Hall–Kier alpha value is -8.62. The first-order valence-electron chi connectivity index (χ1n) is 21.7. The summed E-state index contributed by atoms with van der Waals surface area (Å²) < 4.78 is 0. The average molecular weight is 839 g/mol. The molecule has 8 nitrogen and oxygen atoms in total. The Balaban J connectivity index is 1.12. The van der Waals surface area contributed by atoms with E-state index in [9.17, 15) is 0 Å². The Morgan fingerprint density at radius 2 is 0.585 bits per heavy atom. The summed E-state index contributed by atoms with van der Waals surface area (Å²) in [6, 6.07) is 74.6. The van der Waals surface area contributed by atoms with Gasteiger partial charge in [0, 0.05) is 44.7 Å². The molecule has 310 valence electrons. The molecule has 2 aromatic heterocycles. The molecule has 8 heteroatoms. The minimum absolute atomic E-state index is 0.374. The number of anilines is 6. The summed E-state index contributed by atoms with van der Waals surface area (Å²) in [6.45, 7) is 4.61. The van der Waals surface area contributed by atoms with Crippen LogP contribution in [0.25, 0.3) is 56.7 Å². The molecule has 0 fully saturated rings. The highest BCUT2D eigenvalue weighted by atomic mass is 15.4. The second-order valence-corrected chi connectivity index (χ2v) is 16.5. The highest BCUT2D eigenvalue weighted by Gasteiger charge is 2.37. The first-order chi connectivity index (χ1) is 32.0. The molecule has 0 radical (unpaired) electrons. The monoisotopic (exact) mass is 838 g/mol. The Bertz CT molecular complexity index is 2990. The first-order valence-corrected chi connectivity index (χ1v) is 21.7. The molecule has 0 spiro atoms. The number of fused-ring (bicyclic) bond motifs is 3. The molecule has 0 N–H and O–H groups in total. The third kappa shape index (κ3) is 7.47. The molecule has 0 atom stereocenters. The minimum Gasteiger partial charge on any atom is -0.310 e. The molecular formula is C57H42N8. The van der Waals surface area contributed by atoms with Crippen molar-refractivity contribution in [3.05, 3.63) is 230 Å². The summed E-state index contributed by atoms with van der Waals surface area (Å²) in [5.41, 5.74) is 11.9. The SMILES string of the molecule is CC1(C)c2cc(N(c3ccccc3)c3ccccc3)ccc2-c2ccc(N(c3nc(-c4ccccc4)nc(-c4ccccc4)n3)c3nc(-c4ccccc4)nc(-c4ccccc4)n3)cc21. The molecule has 11 rings (SSSR count). The first kappa shape index (κ1) is 39.2. The largest absolute Gasteiger partial charge is 0.310 e. The van der Waals surface area contributed by atoms with Gasteiger partial charge in [-0.15, -0.1) is 0 Å². The van der Waals surface area contributed by atoms with Crippen LogP contribution in [0.5, 0.6) is 0 Å². The van der Waals surface area contributed by atoms with E-state index in [1.54, 1.807) is 0 Å². The fourth-order valence-electron chi connectivity index (χ4n) is 8.71. The number of aromatic nitrogens is 6. The molecule has 2 heterocycles. The molecule has 10 aromatic rings. The van der Waals surface area contributed by atoms with Crippen LogP contribution in [0.4, 0.5) is 34.6 Å². The lowest BCUT2D eigenvalue weighted by Crippen LogP contribution is -2.20. The van der Waals surface area contributed by atoms with Gasteiger partial charge < -0.3 is 4.90 Å². The highest BCUT2D eigenvalue weighted by Crippen LogP contribution is 2.52. The second-order valence-electron chi connectivity index (χ2n) is 16.5. The zero-order valence-corrected chi connectivity index (χ0v) is 35.9. The van der Waals surface area contributed by atoms with Crippen LogP contribution in [0.1, 0.15) is 25.0 Å². The molecule has 0 saturated carbocycles. The number of para-hydroxylation sites is 2. The summed E-state index contributed by atoms with van der Waals surface area (Å²) >= 11 is 0. The van der Waals surface area contributed by atoms with E-state index in [-0.39, 0.29) is 0 Å². The zero-order valence-electron chi connectivity index (χ0n) is 35.9. The summed E-state index contributed by atoms with van der Waals surface area (Å²) in [7, 11) is 0. The fourth-order valence-corrected chi connectivity index (χ4v) is 8.71. The summed E-state index contributed by atoms with van der Waals surface area (Å²) in [5, 5.41) is 0. The Labute approximate surface area is 378 Å². The van der Waals surface area contributed by atoms with E-state index in [0.29, 0.717) is 35.2 Å². The van der Waals surface area contributed by atoms with Crippen LogP contribution in [0.15, 0.2) is 218 Å². The van der Waals surface area contributed by atoms with Gasteiger partial charge in [0.2, 0.25) is 11.9 Å².